The summed E-state index contributed by atoms with van der Waals surface area (Å²) in [4.78, 5) is 0. The summed E-state index contributed by atoms with van der Waals surface area (Å²) in [5, 5.41) is 12.1. The molecule has 10 heteroatoms. The van der Waals surface area contributed by atoms with Gasteiger partial charge >= 0.3 is 6.18 Å². The summed E-state index contributed by atoms with van der Waals surface area (Å²) >= 11 is 1.37. The van der Waals surface area contributed by atoms with Gasteiger partial charge in [0.25, 0.3) is 0 Å². The van der Waals surface area contributed by atoms with E-state index in [1.807, 2.05) is 6.07 Å². The van der Waals surface area contributed by atoms with E-state index in [0.717, 1.165) is 11.3 Å². The van der Waals surface area contributed by atoms with Gasteiger partial charge in [0.1, 0.15) is 18.1 Å². The van der Waals surface area contributed by atoms with Crippen molar-refractivity contribution in [3.05, 3.63) is 54.0 Å². The number of aromatic nitrogens is 4. The molecule has 0 bridgehead atoms. The summed E-state index contributed by atoms with van der Waals surface area (Å²) in [6.45, 7) is -0.915. The van der Waals surface area contributed by atoms with Crippen LogP contribution >= 0.6 is 11.8 Å². The SMILES string of the molecule is FC(F)(F)COc1cccc(CSc2nnnn2Cc2ccco2)c1. The molecule has 0 unspecified atom stereocenters. The predicted octanol–water partition coefficient (Wildman–Crippen LogP) is 3.55. The third kappa shape index (κ3) is 5.24. The van der Waals surface area contributed by atoms with Crippen LogP contribution in [0.15, 0.2) is 52.2 Å². The summed E-state index contributed by atoms with van der Waals surface area (Å²) in [7, 11) is 0. The summed E-state index contributed by atoms with van der Waals surface area (Å²) < 4.78 is 48.2. The van der Waals surface area contributed by atoms with Crippen LogP contribution in [0.4, 0.5) is 13.2 Å². The third-order valence-electron chi connectivity index (χ3n) is 3.05. The van der Waals surface area contributed by atoms with Crippen molar-refractivity contribution in [2.75, 3.05) is 6.61 Å². The van der Waals surface area contributed by atoms with Crippen LogP contribution in [-0.4, -0.2) is 33.0 Å². The lowest BCUT2D eigenvalue weighted by Gasteiger charge is -2.10. The fraction of sp³-hybridized carbons (Fsp3) is 0.267. The fourth-order valence-corrected chi connectivity index (χ4v) is 2.81. The molecule has 1 aromatic carbocycles. The van der Waals surface area contributed by atoms with Gasteiger partial charge in [-0.3, -0.25) is 0 Å². The normalized spacial score (nSPS) is 11.6. The number of thioether (sulfide) groups is 1. The minimum atomic E-state index is -4.36. The van der Waals surface area contributed by atoms with Crippen LogP contribution in [-0.2, 0) is 12.3 Å². The van der Waals surface area contributed by atoms with Crippen molar-refractivity contribution in [2.45, 2.75) is 23.6 Å². The summed E-state index contributed by atoms with van der Waals surface area (Å²) in [6.07, 6.45) is -2.79. The van der Waals surface area contributed by atoms with E-state index in [9.17, 15) is 13.2 Å². The highest BCUT2D eigenvalue weighted by atomic mass is 32.2. The molecule has 2 heterocycles. The Kier molecular flexibility index (Phi) is 5.27. The van der Waals surface area contributed by atoms with Gasteiger partial charge in [0, 0.05) is 5.75 Å². The molecule has 3 aromatic rings. The smallest absolute Gasteiger partial charge is 0.422 e. The number of furan rings is 1. The molecule has 6 nitrogen and oxygen atoms in total. The molecular formula is C15H13F3N4O2S. The van der Waals surface area contributed by atoms with Gasteiger partial charge in [-0.05, 0) is 40.3 Å². The topological polar surface area (TPSA) is 66.0 Å². The second-order valence-corrected chi connectivity index (χ2v) is 5.98. The molecule has 0 N–H and O–H groups in total. The number of nitrogens with zero attached hydrogens (tertiary/aromatic N) is 4. The zero-order valence-electron chi connectivity index (χ0n) is 12.8. The van der Waals surface area contributed by atoms with Gasteiger partial charge in [-0.25, -0.2) is 4.68 Å². The molecule has 132 valence electrons. The molecule has 0 radical (unpaired) electrons. The van der Waals surface area contributed by atoms with Gasteiger partial charge in [-0.1, -0.05) is 23.9 Å². The number of halogens is 3. The van der Waals surface area contributed by atoms with Gasteiger partial charge in [-0.2, -0.15) is 13.2 Å². The van der Waals surface area contributed by atoms with E-state index >= 15 is 0 Å². The van der Waals surface area contributed by atoms with Crippen molar-refractivity contribution in [1.82, 2.24) is 20.2 Å². The summed E-state index contributed by atoms with van der Waals surface area (Å²) in [5.41, 5.74) is 0.803. The number of hydrogen-bond donors (Lipinski definition) is 0. The number of rotatable bonds is 7. The maximum Gasteiger partial charge on any atom is 0.422 e. The minimum absolute atomic E-state index is 0.172. The molecule has 0 aliphatic rings. The highest BCUT2D eigenvalue weighted by Crippen LogP contribution is 2.24. The standard InChI is InChI=1S/C15H13F3N4O2S/c16-15(17,18)10-24-12-4-1-3-11(7-12)9-25-14-19-20-21-22(14)8-13-5-2-6-23-13/h1-7H,8-10H2. The highest BCUT2D eigenvalue weighted by molar-refractivity contribution is 7.98. The van der Waals surface area contributed by atoms with Crippen LogP contribution in [0.5, 0.6) is 5.75 Å². The number of tetrazole rings is 1. The Bertz CT molecular complexity index is 805. The van der Waals surface area contributed by atoms with E-state index in [0.29, 0.717) is 17.5 Å². The molecule has 0 saturated heterocycles. The van der Waals surface area contributed by atoms with E-state index in [4.69, 9.17) is 9.15 Å². The molecule has 3 rings (SSSR count). The Morgan fingerprint density at radius 1 is 1.20 bits per heavy atom. The number of ether oxygens (including phenoxy) is 1. The van der Waals surface area contributed by atoms with E-state index in [-0.39, 0.29) is 5.75 Å². The zero-order valence-corrected chi connectivity index (χ0v) is 13.6. The van der Waals surface area contributed by atoms with Crippen molar-refractivity contribution in [3.63, 3.8) is 0 Å². The van der Waals surface area contributed by atoms with Crippen molar-refractivity contribution < 1.29 is 22.3 Å². The average molecular weight is 370 g/mol. The van der Waals surface area contributed by atoms with Gasteiger partial charge in [0.2, 0.25) is 5.16 Å². The first-order chi connectivity index (χ1) is 12.0. The monoisotopic (exact) mass is 370 g/mol. The molecule has 0 fully saturated rings. The quantitative estimate of drug-likeness (QED) is 0.593. The van der Waals surface area contributed by atoms with Crippen LogP contribution in [0.2, 0.25) is 0 Å². The maximum atomic E-state index is 12.2. The maximum absolute atomic E-state index is 12.2. The molecule has 0 aliphatic heterocycles. The Hall–Kier alpha value is -2.49. The number of hydrogen-bond acceptors (Lipinski definition) is 6. The van der Waals surface area contributed by atoms with Gasteiger partial charge in [0.15, 0.2) is 6.61 Å². The molecular weight excluding hydrogens is 357 g/mol. The van der Waals surface area contributed by atoms with Crippen LogP contribution in [0.25, 0.3) is 0 Å². The van der Waals surface area contributed by atoms with Crippen molar-refractivity contribution in [3.8, 4) is 5.75 Å². The second-order valence-electron chi connectivity index (χ2n) is 5.04. The Morgan fingerprint density at radius 3 is 2.84 bits per heavy atom. The van der Waals surface area contributed by atoms with E-state index < -0.39 is 12.8 Å². The van der Waals surface area contributed by atoms with Gasteiger partial charge < -0.3 is 9.15 Å². The Morgan fingerprint density at radius 2 is 2.08 bits per heavy atom. The highest BCUT2D eigenvalue weighted by Gasteiger charge is 2.28. The van der Waals surface area contributed by atoms with Crippen molar-refractivity contribution >= 4 is 11.8 Å². The first-order valence-corrected chi connectivity index (χ1v) is 8.18. The average Bonchev–Trinajstić information content (AvgIpc) is 3.23. The molecule has 2 aromatic heterocycles. The first-order valence-electron chi connectivity index (χ1n) is 7.19. The third-order valence-corrected chi connectivity index (χ3v) is 4.08. The number of alkyl halides is 3. The second kappa shape index (κ2) is 7.60. The lowest BCUT2D eigenvalue weighted by molar-refractivity contribution is -0.153. The van der Waals surface area contributed by atoms with E-state index in [2.05, 4.69) is 15.5 Å². The predicted molar refractivity (Wildman–Crippen MR) is 83.2 cm³/mol. The van der Waals surface area contributed by atoms with Crippen molar-refractivity contribution in [2.24, 2.45) is 0 Å². The van der Waals surface area contributed by atoms with E-state index in [1.165, 1.54) is 17.8 Å². The summed E-state index contributed by atoms with van der Waals surface area (Å²) in [6, 6.07) is 10.1. The molecule has 0 amide bonds. The molecule has 0 aliphatic carbocycles. The molecule has 25 heavy (non-hydrogen) atoms. The number of benzene rings is 1. The Labute approximate surface area is 145 Å². The largest absolute Gasteiger partial charge is 0.484 e. The van der Waals surface area contributed by atoms with Crippen LogP contribution in [0.3, 0.4) is 0 Å². The molecule has 0 spiro atoms. The zero-order chi connectivity index (χ0) is 17.7. The van der Waals surface area contributed by atoms with Crippen LogP contribution in [0, 0.1) is 0 Å². The molecule has 0 saturated carbocycles. The van der Waals surface area contributed by atoms with Crippen molar-refractivity contribution in [1.29, 1.82) is 0 Å². The van der Waals surface area contributed by atoms with E-state index in [1.54, 1.807) is 35.2 Å². The van der Waals surface area contributed by atoms with Gasteiger partial charge in [-0.15, -0.1) is 5.10 Å². The summed E-state index contributed by atoms with van der Waals surface area (Å²) in [5.74, 6) is 1.38. The first kappa shape index (κ1) is 17.3. The lowest BCUT2D eigenvalue weighted by atomic mass is 10.2. The van der Waals surface area contributed by atoms with Crippen LogP contribution < -0.4 is 4.74 Å². The van der Waals surface area contributed by atoms with Crippen LogP contribution in [0.1, 0.15) is 11.3 Å². The lowest BCUT2D eigenvalue weighted by Crippen LogP contribution is -2.19. The molecule has 0 atom stereocenters. The minimum Gasteiger partial charge on any atom is -0.484 e. The Balaban J connectivity index is 1.60. The fourth-order valence-electron chi connectivity index (χ4n) is 1.99. The van der Waals surface area contributed by atoms with Gasteiger partial charge in [0.05, 0.1) is 6.26 Å².